The minimum atomic E-state index is -0.0789. The number of urea groups is 1. The van der Waals surface area contributed by atoms with E-state index >= 15 is 0 Å². The molecule has 4 nitrogen and oxygen atoms in total. The van der Waals surface area contributed by atoms with Gasteiger partial charge in [0.2, 0.25) is 0 Å². The molecule has 0 fully saturated rings. The van der Waals surface area contributed by atoms with Crippen LogP contribution in [0.3, 0.4) is 0 Å². The Balaban J connectivity index is 1.66. The van der Waals surface area contributed by atoms with E-state index in [2.05, 4.69) is 59.4 Å². The highest BCUT2D eigenvalue weighted by Gasteiger charge is 2.32. The molecule has 4 heteroatoms. The molecule has 0 saturated heterocycles. The topological polar surface area (TPSA) is 37.3 Å². The third-order valence-corrected chi connectivity index (χ3v) is 5.00. The highest BCUT2D eigenvalue weighted by atomic mass is 16.2. The van der Waals surface area contributed by atoms with Crippen LogP contribution < -0.4 is 5.32 Å². The number of amides is 2. The van der Waals surface area contributed by atoms with Crippen LogP contribution in [0.5, 0.6) is 0 Å². The number of nitrogens with zero attached hydrogens (tertiary/aromatic N) is 2. The summed E-state index contributed by atoms with van der Waals surface area (Å²) >= 11 is 0. The smallest absolute Gasteiger partial charge is 0.322 e. The Hall–Kier alpha value is -3.01. The van der Waals surface area contributed by atoms with Crippen molar-refractivity contribution in [1.29, 1.82) is 0 Å². The van der Waals surface area contributed by atoms with Crippen molar-refractivity contribution in [2.45, 2.75) is 26.4 Å². The Bertz CT molecular complexity index is 909. The van der Waals surface area contributed by atoms with Gasteiger partial charge in [-0.05, 0) is 43.7 Å². The fourth-order valence-corrected chi connectivity index (χ4v) is 3.53. The maximum Gasteiger partial charge on any atom is 0.322 e. The van der Waals surface area contributed by atoms with Gasteiger partial charge in [0.15, 0.2) is 0 Å². The summed E-state index contributed by atoms with van der Waals surface area (Å²) in [4.78, 5) is 15.0. The van der Waals surface area contributed by atoms with Crippen molar-refractivity contribution in [3.8, 4) is 0 Å². The van der Waals surface area contributed by atoms with Crippen molar-refractivity contribution in [2.24, 2.45) is 0 Å². The van der Waals surface area contributed by atoms with Gasteiger partial charge in [0, 0.05) is 30.7 Å². The lowest BCUT2D eigenvalue weighted by Crippen LogP contribution is -2.44. The Morgan fingerprint density at radius 1 is 0.923 bits per heavy atom. The van der Waals surface area contributed by atoms with E-state index in [0.29, 0.717) is 6.54 Å². The molecule has 0 aliphatic carbocycles. The molecule has 132 valence electrons. The van der Waals surface area contributed by atoms with Crippen LogP contribution >= 0.6 is 0 Å². The Morgan fingerprint density at radius 2 is 1.58 bits per heavy atom. The van der Waals surface area contributed by atoms with E-state index in [-0.39, 0.29) is 12.1 Å². The normalized spacial score (nSPS) is 16.2. The molecular weight excluding hydrogens is 322 g/mol. The predicted octanol–water partition coefficient (Wildman–Crippen LogP) is 4.74. The summed E-state index contributed by atoms with van der Waals surface area (Å²) < 4.78 is 2.24. The molecule has 2 aromatic carbocycles. The molecule has 2 heterocycles. The van der Waals surface area contributed by atoms with E-state index in [1.165, 1.54) is 11.1 Å². The van der Waals surface area contributed by atoms with Gasteiger partial charge in [0.25, 0.3) is 0 Å². The maximum atomic E-state index is 13.0. The minimum Gasteiger partial charge on any atom is -0.348 e. The van der Waals surface area contributed by atoms with Crippen LogP contribution in [0, 0.1) is 13.8 Å². The lowest BCUT2D eigenvalue weighted by Gasteiger charge is -2.37. The first kappa shape index (κ1) is 16.5. The molecular formula is C22H23N3O. The lowest BCUT2D eigenvalue weighted by atomic mass is 9.99. The molecule has 0 unspecified atom stereocenters. The molecule has 0 spiro atoms. The number of hydrogen-bond acceptors (Lipinski definition) is 1. The number of fused-ring (bicyclic) bond motifs is 1. The van der Waals surface area contributed by atoms with E-state index in [1.807, 2.05) is 36.1 Å². The summed E-state index contributed by atoms with van der Waals surface area (Å²) in [6, 6.07) is 20.4. The molecule has 0 bridgehead atoms. The third kappa shape index (κ3) is 3.10. The molecule has 1 aliphatic rings. The molecule has 1 aliphatic heterocycles. The average molecular weight is 345 g/mol. The summed E-state index contributed by atoms with van der Waals surface area (Å²) in [7, 11) is 0. The summed E-state index contributed by atoms with van der Waals surface area (Å²) in [5.41, 5.74) is 5.50. The number of carbonyl (C=O) groups excluding carboxylic acids is 1. The number of rotatable bonds is 2. The first-order chi connectivity index (χ1) is 12.6. The van der Waals surface area contributed by atoms with E-state index in [0.717, 1.165) is 23.5 Å². The molecule has 2 amide bonds. The van der Waals surface area contributed by atoms with Crippen LogP contribution in [0.1, 0.15) is 28.4 Å². The van der Waals surface area contributed by atoms with Gasteiger partial charge in [0.1, 0.15) is 0 Å². The first-order valence-corrected chi connectivity index (χ1v) is 8.98. The number of nitrogens with one attached hydrogen (secondary N) is 1. The second-order valence-electron chi connectivity index (χ2n) is 6.93. The largest absolute Gasteiger partial charge is 0.348 e. The SMILES string of the molecule is Cc1ccc(NC(=O)N2CCn3cccc3[C@H]2c2ccc(C)cc2)cc1. The standard InChI is InChI=1S/C22H23N3O/c1-16-5-9-18(10-6-16)21-20-4-3-13-24(20)14-15-25(21)22(26)23-19-11-7-17(2)8-12-19/h3-13,21H,14-15H2,1-2H3,(H,23,26)/t21-/m1/s1. The fraction of sp³-hybridized carbons (Fsp3) is 0.227. The summed E-state index contributed by atoms with van der Waals surface area (Å²) in [6.45, 7) is 5.61. The van der Waals surface area contributed by atoms with E-state index in [4.69, 9.17) is 0 Å². The monoisotopic (exact) mass is 345 g/mol. The molecule has 1 aromatic heterocycles. The lowest BCUT2D eigenvalue weighted by molar-refractivity contribution is 0.182. The Kier molecular flexibility index (Phi) is 4.25. The number of hydrogen-bond donors (Lipinski definition) is 1. The molecule has 26 heavy (non-hydrogen) atoms. The van der Waals surface area contributed by atoms with Crippen molar-refractivity contribution in [3.63, 3.8) is 0 Å². The van der Waals surface area contributed by atoms with E-state index in [1.54, 1.807) is 0 Å². The van der Waals surface area contributed by atoms with Gasteiger partial charge in [-0.25, -0.2) is 4.79 Å². The summed E-state index contributed by atoms with van der Waals surface area (Å²) in [6.07, 6.45) is 2.09. The van der Waals surface area contributed by atoms with Gasteiger partial charge in [0.05, 0.1) is 6.04 Å². The zero-order valence-corrected chi connectivity index (χ0v) is 15.1. The molecule has 1 N–H and O–H groups in total. The molecule has 3 aromatic rings. The fourth-order valence-electron chi connectivity index (χ4n) is 3.53. The molecule has 0 radical (unpaired) electrons. The summed E-state index contributed by atoms with van der Waals surface area (Å²) in [5.74, 6) is 0. The Morgan fingerprint density at radius 3 is 2.27 bits per heavy atom. The van der Waals surface area contributed by atoms with E-state index < -0.39 is 0 Å². The Labute approximate surface area is 154 Å². The highest BCUT2D eigenvalue weighted by molar-refractivity contribution is 5.90. The number of carbonyl (C=O) groups is 1. The van der Waals surface area contributed by atoms with Crippen LogP contribution in [-0.4, -0.2) is 22.0 Å². The number of aryl methyl sites for hydroxylation is 2. The molecule has 1 atom stereocenters. The molecule has 4 rings (SSSR count). The second kappa shape index (κ2) is 6.71. The predicted molar refractivity (Wildman–Crippen MR) is 104 cm³/mol. The average Bonchev–Trinajstić information content (AvgIpc) is 3.12. The van der Waals surface area contributed by atoms with Crippen LogP contribution in [0.15, 0.2) is 66.9 Å². The number of aromatic nitrogens is 1. The van der Waals surface area contributed by atoms with Gasteiger partial charge in [-0.3, -0.25) is 0 Å². The van der Waals surface area contributed by atoms with Crippen LogP contribution in [0.4, 0.5) is 10.5 Å². The van der Waals surface area contributed by atoms with Crippen LogP contribution in [-0.2, 0) is 6.54 Å². The van der Waals surface area contributed by atoms with Gasteiger partial charge in [-0.2, -0.15) is 0 Å². The third-order valence-electron chi connectivity index (χ3n) is 5.00. The van der Waals surface area contributed by atoms with Crippen molar-refractivity contribution < 1.29 is 4.79 Å². The first-order valence-electron chi connectivity index (χ1n) is 8.98. The van der Waals surface area contributed by atoms with Gasteiger partial charge in [-0.1, -0.05) is 47.5 Å². The zero-order chi connectivity index (χ0) is 18.1. The van der Waals surface area contributed by atoms with Crippen molar-refractivity contribution in [1.82, 2.24) is 9.47 Å². The van der Waals surface area contributed by atoms with Crippen molar-refractivity contribution in [3.05, 3.63) is 89.2 Å². The maximum absolute atomic E-state index is 13.0. The highest BCUT2D eigenvalue weighted by Crippen LogP contribution is 2.33. The van der Waals surface area contributed by atoms with Gasteiger partial charge < -0.3 is 14.8 Å². The van der Waals surface area contributed by atoms with Crippen LogP contribution in [0.2, 0.25) is 0 Å². The van der Waals surface area contributed by atoms with Crippen LogP contribution in [0.25, 0.3) is 0 Å². The van der Waals surface area contributed by atoms with Crippen molar-refractivity contribution in [2.75, 3.05) is 11.9 Å². The second-order valence-corrected chi connectivity index (χ2v) is 6.93. The minimum absolute atomic E-state index is 0.0631. The van der Waals surface area contributed by atoms with Gasteiger partial charge >= 0.3 is 6.03 Å². The number of benzene rings is 2. The zero-order valence-electron chi connectivity index (χ0n) is 15.1. The van der Waals surface area contributed by atoms with Gasteiger partial charge in [-0.15, -0.1) is 0 Å². The van der Waals surface area contributed by atoms with Crippen molar-refractivity contribution >= 4 is 11.7 Å². The van der Waals surface area contributed by atoms with E-state index in [9.17, 15) is 4.79 Å². The molecule has 0 saturated carbocycles. The number of anilines is 1. The quantitative estimate of drug-likeness (QED) is 0.715. The summed E-state index contributed by atoms with van der Waals surface area (Å²) in [5, 5.41) is 3.05.